The van der Waals surface area contributed by atoms with Gasteiger partial charge in [0.2, 0.25) is 0 Å². The van der Waals surface area contributed by atoms with Crippen LogP contribution >= 0.6 is 0 Å². The van der Waals surface area contributed by atoms with Crippen LogP contribution in [-0.4, -0.2) is 6.36 Å². The van der Waals surface area contributed by atoms with Crippen molar-refractivity contribution in [3.63, 3.8) is 0 Å². The minimum Gasteiger partial charge on any atom is -0.405 e. The molecule has 1 rings (SSSR count). The first kappa shape index (κ1) is 13.9. The minimum absolute atomic E-state index is 0.0903. The molecule has 17 heavy (non-hydrogen) atoms. The Labute approximate surface area is 99.6 Å². The quantitative estimate of drug-likeness (QED) is 0.749. The Morgan fingerprint density at radius 2 is 1.71 bits per heavy atom. The monoisotopic (exact) mass is 246 g/mol. The maximum Gasteiger partial charge on any atom is 0.573 e. The van der Waals surface area contributed by atoms with Gasteiger partial charge in [0.15, 0.2) is 0 Å². The van der Waals surface area contributed by atoms with Gasteiger partial charge >= 0.3 is 6.36 Å². The van der Waals surface area contributed by atoms with E-state index in [1.807, 2.05) is 26.8 Å². The zero-order valence-corrected chi connectivity index (χ0v) is 10.5. The molecule has 0 spiro atoms. The minimum atomic E-state index is -4.64. The average Bonchev–Trinajstić information content (AvgIpc) is 2.13. The lowest BCUT2D eigenvalue weighted by atomic mass is 9.86. The zero-order chi connectivity index (χ0) is 13.3. The van der Waals surface area contributed by atoms with Crippen LogP contribution in [0.2, 0.25) is 0 Å². The molecule has 1 nitrogen and oxygen atoms in total. The molecule has 0 saturated heterocycles. The molecule has 1 aromatic rings. The summed E-state index contributed by atoms with van der Waals surface area (Å²) in [6, 6.07) is 5.02. The van der Waals surface area contributed by atoms with E-state index in [9.17, 15) is 13.2 Å². The molecule has 0 heterocycles. The van der Waals surface area contributed by atoms with Crippen molar-refractivity contribution in [2.24, 2.45) is 0 Å². The first-order chi connectivity index (χ1) is 7.63. The van der Waals surface area contributed by atoms with Gasteiger partial charge in [0, 0.05) is 0 Å². The predicted molar refractivity (Wildman–Crippen MR) is 61.2 cm³/mol. The number of aryl methyl sites for hydroxylation is 1. The molecule has 0 unspecified atom stereocenters. The van der Waals surface area contributed by atoms with Crippen LogP contribution in [-0.2, 0) is 11.8 Å². The van der Waals surface area contributed by atoms with Crippen LogP contribution in [0, 0.1) is 0 Å². The Balaban J connectivity index is 3.16. The van der Waals surface area contributed by atoms with Crippen molar-refractivity contribution in [2.45, 2.75) is 45.9 Å². The fourth-order valence-electron chi connectivity index (χ4n) is 1.53. The van der Waals surface area contributed by atoms with Crippen molar-refractivity contribution >= 4 is 0 Å². The van der Waals surface area contributed by atoms with E-state index >= 15 is 0 Å². The van der Waals surface area contributed by atoms with Gasteiger partial charge in [0.25, 0.3) is 0 Å². The summed E-state index contributed by atoms with van der Waals surface area (Å²) in [7, 11) is 0. The summed E-state index contributed by atoms with van der Waals surface area (Å²) in [5.74, 6) is -0.0903. The molecule has 0 N–H and O–H groups in total. The van der Waals surface area contributed by atoms with Gasteiger partial charge in [-0.15, -0.1) is 13.2 Å². The Morgan fingerprint density at radius 1 is 1.12 bits per heavy atom. The third-order valence-corrected chi connectivity index (χ3v) is 2.54. The summed E-state index contributed by atoms with van der Waals surface area (Å²) in [5.41, 5.74) is 1.19. The van der Waals surface area contributed by atoms with Gasteiger partial charge in [0.05, 0.1) is 0 Å². The molecule has 0 aliphatic carbocycles. The Morgan fingerprint density at radius 3 is 2.12 bits per heavy atom. The van der Waals surface area contributed by atoms with Crippen molar-refractivity contribution < 1.29 is 17.9 Å². The summed E-state index contributed by atoms with van der Waals surface area (Å²) in [4.78, 5) is 0. The first-order valence-corrected chi connectivity index (χ1v) is 5.52. The number of hydrogen-bond acceptors (Lipinski definition) is 1. The highest BCUT2D eigenvalue weighted by Gasteiger charge is 2.32. The topological polar surface area (TPSA) is 9.23 Å². The van der Waals surface area contributed by atoms with Crippen LogP contribution in [0.5, 0.6) is 5.75 Å². The number of ether oxygens (including phenoxy) is 1. The maximum absolute atomic E-state index is 12.3. The van der Waals surface area contributed by atoms with Crippen LogP contribution in [0.1, 0.15) is 38.8 Å². The smallest absolute Gasteiger partial charge is 0.405 e. The Hall–Kier alpha value is -1.19. The summed E-state index contributed by atoms with van der Waals surface area (Å²) < 4.78 is 40.9. The van der Waals surface area contributed by atoms with Gasteiger partial charge in [-0.1, -0.05) is 39.8 Å². The van der Waals surface area contributed by atoms with Crippen LogP contribution < -0.4 is 4.74 Å². The Bertz CT molecular complexity index is 389. The number of hydrogen-bond donors (Lipinski definition) is 0. The highest BCUT2D eigenvalue weighted by Crippen LogP contribution is 2.32. The number of benzene rings is 1. The van der Waals surface area contributed by atoms with Gasteiger partial charge < -0.3 is 4.74 Å². The molecule has 1 aromatic carbocycles. The molecule has 0 aliphatic heterocycles. The molecule has 0 radical (unpaired) electrons. The van der Waals surface area contributed by atoms with E-state index in [2.05, 4.69) is 4.74 Å². The van der Waals surface area contributed by atoms with E-state index in [1.165, 1.54) is 6.07 Å². The van der Waals surface area contributed by atoms with Crippen LogP contribution in [0.15, 0.2) is 18.2 Å². The molecule has 4 heteroatoms. The number of rotatable bonds is 2. The average molecular weight is 246 g/mol. The number of halogens is 3. The fraction of sp³-hybridized carbons (Fsp3) is 0.538. The van der Waals surface area contributed by atoms with Crippen molar-refractivity contribution in [1.29, 1.82) is 0 Å². The normalized spacial score (nSPS) is 12.6. The predicted octanol–water partition coefficient (Wildman–Crippen LogP) is 4.45. The second-order valence-electron chi connectivity index (χ2n) is 4.97. The van der Waals surface area contributed by atoms with Crippen LogP contribution in [0.4, 0.5) is 13.2 Å². The van der Waals surface area contributed by atoms with Gasteiger partial charge in [-0.25, -0.2) is 0 Å². The lowest BCUT2D eigenvalue weighted by Gasteiger charge is -2.21. The molecule has 0 atom stereocenters. The maximum atomic E-state index is 12.3. The first-order valence-electron chi connectivity index (χ1n) is 5.52. The molecular weight excluding hydrogens is 229 g/mol. The van der Waals surface area contributed by atoms with Gasteiger partial charge in [-0.3, -0.25) is 0 Å². The Kier molecular flexibility index (Phi) is 3.74. The van der Waals surface area contributed by atoms with Gasteiger partial charge in [0.1, 0.15) is 5.75 Å². The van der Waals surface area contributed by atoms with Gasteiger partial charge in [-0.05, 0) is 29.0 Å². The van der Waals surface area contributed by atoms with E-state index in [1.54, 1.807) is 13.0 Å². The summed E-state index contributed by atoms with van der Waals surface area (Å²) in [5, 5.41) is 0. The van der Waals surface area contributed by atoms with E-state index in [-0.39, 0.29) is 11.2 Å². The molecule has 0 fully saturated rings. The van der Waals surface area contributed by atoms with E-state index in [4.69, 9.17) is 0 Å². The molecule has 96 valence electrons. The fourth-order valence-corrected chi connectivity index (χ4v) is 1.53. The van der Waals surface area contributed by atoms with Crippen LogP contribution in [0.25, 0.3) is 0 Å². The summed E-state index contributed by atoms with van der Waals surface area (Å²) >= 11 is 0. The van der Waals surface area contributed by atoms with Crippen molar-refractivity contribution in [2.75, 3.05) is 0 Å². The SMILES string of the molecule is CCc1ccc(C(C)(C)C)cc1OC(F)(F)F. The van der Waals surface area contributed by atoms with E-state index in [0.717, 1.165) is 5.56 Å². The van der Waals surface area contributed by atoms with E-state index < -0.39 is 6.36 Å². The molecule has 0 aromatic heterocycles. The molecule has 0 saturated carbocycles. The second kappa shape index (κ2) is 4.59. The highest BCUT2D eigenvalue weighted by molar-refractivity contribution is 5.40. The van der Waals surface area contributed by atoms with Crippen molar-refractivity contribution in [3.8, 4) is 5.75 Å². The van der Waals surface area contributed by atoms with Gasteiger partial charge in [-0.2, -0.15) is 0 Å². The third-order valence-electron chi connectivity index (χ3n) is 2.54. The second-order valence-corrected chi connectivity index (χ2v) is 4.97. The lowest BCUT2D eigenvalue weighted by molar-refractivity contribution is -0.274. The molecule has 0 aliphatic rings. The third kappa shape index (κ3) is 3.95. The lowest BCUT2D eigenvalue weighted by Crippen LogP contribution is -2.19. The highest BCUT2D eigenvalue weighted by atomic mass is 19.4. The largest absolute Gasteiger partial charge is 0.573 e. The van der Waals surface area contributed by atoms with Crippen molar-refractivity contribution in [1.82, 2.24) is 0 Å². The standard InChI is InChI=1S/C13H17F3O/c1-5-9-6-7-10(12(2,3)4)8-11(9)17-13(14,15)16/h6-8H,5H2,1-4H3. The van der Waals surface area contributed by atoms with Crippen molar-refractivity contribution in [3.05, 3.63) is 29.3 Å². The summed E-state index contributed by atoms with van der Waals surface area (Å²) in [6.07, 6.45) is -4.13. The zero-order valence-electron chi connectivity index (χ0n) is 10.5. The number of alkyl halides is 3. The molecule has 0 bridgehead atoms. The molecular formula is C13H17F3O. The summed E-state index contributed by atoms with van der Waals surface area (Å²) in [6.45, 7) is 7.65. The van der Waals surface area contributed by atoms with E-state index in [0.29, 0.717) is 12.0 Å². The van der Waals surface area contributed by atoms with Crippen LogP contribution in [0.3, 0.4) is 0 Å². The molecule has 0 amide bonds.